The van der Waals surface area contributed by atoms with Crippen molar-refractivity contribution in [3.05, 3.63) is 32.6 Å². The molecule has 66 valence electrons. The zero-order chi connectivity index (χ0) is 9.26. The van der Waals surface area contributed by atoms with Gasteiger partial charge in [0, 0.05) is 17.8 Å². The van der Waals surface area contributed by atoms with Crippen LogP contribution in [0.1, 0.15) is 0 Å². The van der Waals surface area contributed by atoms with E-state index in [4.69, 9.17) is 0 Å². The molecule has 1 N–H and O–H groups in total. The predicted molar refractivity (Wildman–Crippen MR) is 53.7 cm³/mol. The zero-order valence-corrected chi connectivity index (χ0v) is 8.72. The highest BCUT2D eigenvalue weighted by molar-refractivity contribution is 9.11. The van der Waals surface area contributed by atoms with Crippen LogP contribution >= 0.6 is 27.3 Å². The fraction of sp³-hybridized carbons (Fsp3) is 0. The van der Waals surface area contributed by atoms with E-state index in [0.29, 0.717) is 0 Å². The van der Waals surface area contributed by atoms with E-state index in [1.54, 1.807) is 12.3 Å². The Hall–Kier alpha value is -1.01. The molecule has 0 saturated carbocycles. The topological polar surface area (TPSA) is 58.6 Å². The third-order valence-electron chi connectivity index (χ3n) is 1.43. The molecule has 6 heteroatoms. The number of aromatic amines is 1. The summed E-state index contributed by atoms with van der Waals surface area (Å²) in [6.45, 7) is 0. The molecule has 0 unspecified atom stereocenters. The van der Waals surface area contributed by atoms with Gasteiger partial charge in [0.15, 0.2) is 3.92 Å². The number of rotatable bonds is 1. The Labute approximate surface area is 85.8 Å². The lowest BCUT2D eigenvalue weighted by atomic mass is 10.3. The van der Waals surface area contributed by atoms with E-state index >= 15 is 0 Å². The minimum Gasteiger partial charge on any atom is -0.328 e. The summed E-state index contributed by atoms with van der Waals surface area (Å²) in [5.74, 6) is 0. The summed E-state index contributed by atoms with van der Waals surface area (Å²) in [6.07, 6.45) is 1.62. The van der Waals surface area contributed by atoms with Gasteiger partial charge in [0.2, 0.25) is 5.56 Å². The van der Waals surface area contributed by atoms with Gasteiger partial charge in [0.1, 0.15) is 5.01 Å². The molecule has 0 saturated heterocycles. The lowest BCUT2D eigenvalue weighted by molar-refractivity contribution is 1.07. The number of hydrogen-bond acceptors (Lipinski definition) is 4. The van der Waals surface area contributed by atoms with Crippen LogP contribution < -0.4 is 5.56 Å². The highest BCUT2D eigenvalue weighted by Crippen LogP contribution is 2.24. The molecule has 0 fully saturated rings. The molecule has 0 bridgehead atoms. The Balaban J connectivity index is 2.47. The van der Waals surface area contributed by atoms with Crippen LogP contribution in [-0.2, 0) is 0 Å². The van der Waals surface area contributed by atoms with E-state index in [1.165, 1.54) is 17.4 Å². The first-order chi connectivity index (χ1) is 6.25. The average molecular weight is 258 g/mol. The smallest absolute Gasteiger partial charge is 0.247 e. The molecular weight excluding hydrogens is 254 g/mol. The van der Waals surface area contributed by atoms with Crippen molar-refractivity contribution in [1.29, 1.82) is 0 Å². The Kier molecular flexibility index (Phi) is 2.24. The maximum absolute atomic E-state index is 10.8. The Morgan fingerprint density at radius 1 is 1.38 bits per heavy atom. The van der Waals surface area contributed by atoms with Gasteiger partial charge in [-0.15, -0.1) is 10.2 Å². The van der Waals surface area contributed by atoms with Crippen LogP contribution in [0.15, 0.2) is 27.0 Å². The second-order valence-corrected chi connectivity index (χ2v) is 4.56. The van der Waals surface area contributed by atoms with Gasteiger partial charge in [0.25, 0.3) is 0 Å². The number of H-pyrrole nitrogens is 1. The Morgan fingerprint density at radius 3 is 2.77 bits per heavy atom. The van der Waals surface area contributed by atoms with E-state index in [-0.39, 0.29) is 5.56 Å². The lowest BCUT2D eigenvalue weighted by Crippen LogP contribution is -2.01. The van der Waals surface area contributed by atoms with Crippen molar-refractivity contribution >= 4 is 27.3 Å². The third-order valence-corrected chi connectivity index (χ3v) is 2.84. The maximum Gasteiger partial charge on any atom is 0.247 e. The van der Waals surface area contributed by atoms with Crippen molar-refractivity contribution in [1.82, 2.24) is 15.2 Å². The molecule has 0 aliphatic rings. The summed E-state index contributed by atoms with van der Waals surface area (Å²) >= 11 is 4.64. The van der Waals surface area contributed by atoms with Gasteiger partial charge in [-0.1, -0.05) is 11.3 Å². The van der Waals surface area contributed by atoms with E-state index in [2.05, 4.69) is 31.1 Å². The molecule has 0 amide bonds. The quantitative estimate of drug-likeness (QED) is 0.846. The first-order valence-corrected chi connectivity index (χ1v) is 5.05. The lowest BCUT2D eigenvalue weighted by Gasteiger charge is -1.90. The van der Waals surface area contributed by atoms with Crippen LogP contribution in [0.2, 0.25) is 0 Å². The molecule has 0 aromatic carbocycles. The summed E-state index contributed by atoms with van der Waals surface area (Å²) in [5.41, 5.74) is 0.745. The van der Waals surface area contributed by atoms with Crippen molar-refractivity contribution in [2.75, 3.05) is 0 Å². The monoisotopic (exact) mass is 257 g/mol. The van der Waals surface area contributed by atoms with Crippen LogP contribution in [0.25, 0.3) is 10.6 Å². The van der Waals surface area contributed by atoms with Gasteiger partial charge in [-0.2, -0.15) is 0 Å². The van der Waals surface area contributed by atoms with E-state index in [1.807, 2.05) is 0 Å². The van der Waals surface area contributed by atoms with Crippen LogP contribution in [-0.4, -0.2) is 15.2 Å². The SMILES string of the molecule is O=c1ccc(-c2nnc(Br)s2)c[nH]1. The molecule has 0 aliphatic carbocycles. The van der Waals surface area contributed by atoms with E-state index in [9.17, 15) is 4.79 Å². The molecule has 2 aromatic heterocycles. The average Bonchev–Trinajstić information content (AvgIpc) is 2.53. The van der Waals surface area contributed by atoms with Crippen LogP contribution in [0.3, 0.4) is 0 Å². The summed E-state index contributed by atoms with van der Waals surface area (Å²) in [6, 6.07) is 3.18. The summed E-state index contributed by atoms with van der Waals surface area (Å²) in [5, 5.41) is 8.50. The summed E-state index contributed by atoms with van der Waals surface area (Å²) in [4.78, 5) is 13.3. The molecule has 0 atom stereocenters. The van der Waals surface area contributed by atoms with Gasteiger partial charge in [-0.05, 0) is 22.0 Å². The van der Waals surface area contributed by atoms with Gasteiger partial charge < -0.3 is 4.98 Å². The molecule has 2 aromatic rings. The molecular formula is C7H4BrN3OS. The fourth-order valence-electron chi connectivity index (χ4n) is 0.866. The number of aromatic nitrogens is 3. The number of hydrogen-bond donors (Lipinski definition) is 1. The van der Waals surface area contributed by atoms with Crippen molar-refractivity contribution < 1.29 is 0 Å². The Bertz CT molecular complexity index is 458. The zero-order valence-electron chi connectivity index (χ0n) is 6.32. The highest BCUT2D eigenvalue weighted by Gasteiger charge is 2.03. The molecule has 0 spiro atoms. The summed E-state index contributed by atoms with van der Waals surface area (Å²) < 4.78 is 0.730. The first-order valence-electron chi connectivity index (χ1n) is 3.44. The minimum absolute atomic E-state index is 0.118. The highest BCUT2D eigenvalue weighted by atomic mass is 79.9. The summed E-state index contributed by atoms with van der Waals surface area (Å²) in [7, 11) is 0. The number of nitrogens with zero attached hydrogens (tertiary/aromatic N) is 2. The van der Waals surface area contributed by atoms with Gasteiger partial charge >= 0.3 is 0 Å². The number of nitrogens with one attached hydrogen (secondary N) is 1. The van der Waals surface area contributed by atoms with E-state index < -0.39 is 0 Å². The van der Waals surface area contributed by atoms with Gasteiger partial charge in [-0.25, -0.2) is 0 Å². The van der Waals surface area contributed by atoms with Crippen molar-refractivity contribution in [3.8, 4) is 10.6 Å². The number of halogens is 1. The van der Waals surface area contributed by atoms with Gasteiger partial charge in [-0.3, -0.25) is 4.79 Å². The predicted octanol–water partition coefficient (Wildman–Crippen LogP) is 1.66. The molecule has 2 rings (SSSR count). The van der Waals surface area contributed by atoms with E-state index in [0.717, 1.165) is 14.5 Å². The second kappa shape index (κ2) is 3.39. The molecule has 0 radical (unpaired) electrons. The van der Waals surface area contributed by atoms with Crippen LogP contribution in [0.4, 0.5) is 0 Å². The molecule has 4 nitrogen and oxygen atoms in total. The van der Waals surface area contributed by atoms with Crippen molar-refractivity contribution in [3.63, 3.8) is 0 Å². The maximum atomic E-state index is 10.8. The third kappa shape index (κ3) is 1.84. The van der Waals surface area contributed by atoms with Crippen LogP contribution in [0, 0.1) is 0 Å². The molecule has 2 heterocycles. The normalized spacial score (nSPS) is 10.2. The first kappa shape index (κ1) is 8.58. The van der Waals surface area contributed by atoms with Gasteiger partial charge in [0.05, 0.1) is 0 Å². The fourth-order valence-corrected chi connectivity index (χ4v) is 1.97. The standard InChI is InChI=1S/C7H4BrN3OS/c8-7-11-10-6(13-7)4-1-2-5(12)9-3-4/h1-3H,(H,9,12). The number of pyridine rings is 1. The van der Waals surface area contributed by atoms with Crippen molar-refractivity contribution in [2.45, 2.75) is 0 Å². The largest absolute Gasteiger partial charge is 0.328 e. The van der Waals surface area contributed by atoms with Crippen molar-refractivity contribution in [2.24, 2.45) is 0 Å². The molecule has 13 heavy (non-hydrogen) atoms. The molecule has 0 aliphatic heterocycles. The second-order valence-electron chi connectivity index (χ2n) is 2.30. The minimum atomic E-state index is -0.118. The van der Waals surface area contributed by atoms with Crippen LogP contribution in [0.5, 0.6) is 0 Å². The Morgan fingerprint density at radius 2 is 2.23 bits per heavy atom.